The van der Waals surface area contributed by atoms with Gasteiger partial charge in [-0.05, 0) is 32.1 Å². The molecule has 3 N–H and O–H groups in total. The van der Waals surface area contributed by atoms with E-state index < -0.39 is 28.9 Å². The zero-order chi connectivity index (χ0) is 23.9. The van der Waals surface area contributed by atoms with Crippen LogP contribution in [0.25, 0.3) is 0 Å². The number of amides is 2. The molecule has 174 valence electrons. The highest BCUT2D eigenvalue weighted by atomic mass is 16.5. The van der Waals surface area contributed by atoms with Gasteiger partial charge in [0.1, 0.15) is 11.6 Å². The Morgan fingerprint density at radius 3 is 2.10 bits per heavy atom. The standard InChI is InChI=1S/C22H41N3O5/c1-11-30-19(27)15(4)12-16(14(2)3)25(9)18(26)17(21(5,6)7)24-20(28)22(8,23)13-29-10/h12,14,16-17H,11,13,23H2,1-10H3,(H,24,28)/t16-,17-,22?/m1/s1. The van der Waals surface area contributed by atoms with E-state index in [0.717, 1.165) is 0 Å². The molecular formula is C22H41N3O5. The lowest BCUT2D eigenvalue weighted by Crippen LogP contribution is -2.62. The van der Waals surface area contributed by atoms with Crippen LogP contribution in [0, 0.1) is 11.3 Å². The molecule has 0 saturated heterocycles. The number of esters is 1. The Balaban J connectivity index is 5.83. The first kappa shape index (κ1) is 28.1. The maximum atomic E-state index is 13.4. The number of nitrogens with zero attached hydrogens (tertiary/aromatic N) is 1. The lowest BCUT2D eigenvalue weighted by atomic mass is 9.84. The molecular weight excluding hydrogens is 386 g/mol. The number of carbonyl (C=O) groups excluding carboxylic acids is 3. The first-order valence-corrected chi connectivity index (χ1v) is 10.3. The summed E-state index contributed by atoms with van der Waals surface area (Å²) in [7, 11) is 3.13. The highest BCUT2D eigenvalue weighted by Crippen LogP contribution is 2.24. The highest BCUT2D eigenvalue weighted by Gasteiger charge is 2.40. The van der Waals surface area contributed by atoms with Crippen LogP contribution in [0.4, 0.5) is 0 Å². The topological polar surface area (TPSA) is 111 Å². The summed E-state index contributed by atoms with van der Waals surface area (Å²) in [4.78, 5) is 39.7. The van der Waals surface area contributed by atoms with E-state index in [1.165, 1.54) is 7.11 Å². The molecule has 30 heavy (non-hydrogen) atoms. The molecule has 0 aliphatic rings. The van der Waals surface area contributed by atoms with Gasteiger partial charge in [-0.25, -0.2) is 4.79 Å². The van der Waals surface area contributed by atoms with Crippen molar-refractivity contribution in [3.63, 3.8) is 0 Å². The van der Waals surface area contributed by atoms with Gasteiger partial charge in [0.25, 0.3) is 0 Å². The van der Waals surface area contributed by atoms with Crippen LogP contribution in [-0.4, -0.2) is 67.7 Å². The first-order valence-electron chi connectivity index (χ1n) is 10.3. The Hall–Kier alpha value is -1.93. The molecule has 3 atom stereocenters. The molecule has 0 saturated carbocycles. The maximum absolute atomic E-state index is 13.4. The van der Waals surface area contributed by atoms with Crippen molar-refractivity contribution < 1.29 is 23.9 Å². The van der Waals surface area contributed by atoms with Crippen LogP contribution in [0.1, 0.15) is 55.4 Å². The fraction of sp³-hybridized carbons (Fsp3) is 0.773. The number of likely N-dealkylation sites (N-methyl/N-ethyl adjacent to an activating group) is 1. The van der Waals surface area contributed by atoms with Crippen LogP contribution < -0.4 is 11.1 Å². The third kappa shape index (κ3) is 8.07. The molecule has 0 rings (SSSR count). The minimum absolute atomic E-state index is 0.0236. The van der Waals surface area contributed by atoms with E-state index >= 15 is 0 Å². The van der Waals surface area contributed by atoms with E-state index in [0.29, 0.717) is 5.57 Å². The summed E-state index contributed by atoms with van der Waals surface area (Å²) in [5.41, 5.74) is 4.65. The summed E-state index contributed by atoms with van der Waals surface area (Å²) >= 11 is 0. The lowest BCUT2D eigenvalue weighted by Gasteiger charge is -2.38. The second kappa shape index (κ2) is 11.5. The first-order chi connectivity index (χ1) is 13.6. The lowest BCUT2D eigenvalue weighted by molar-refractivity contribution is -0.142. The average Bonchev–Trinajstić information content (AvgIpc) is 2.61. The van der Waals surface area contributed by atoms with Gasteiger partial charge in [0.05, 0.1) is 19.3 Å². The predicted molar refractivity (Wildman–Crippen MR) is 118 cm³/mol. The number of hydrogen-bond donors (Lipinski definition) is 2. The monoisotopic (exact) mass is 427 g/mol. The SMILES string of the molecule is CCOC(=O)C(C)=C[C@H](C(C)C)N(C)C(=O)[C@@H](NC(=O)C(C)(N)COC)C(C)(C)C. The van der Waals surface area contributed by atoms with Crippen LogP contribution in [0.15, 0.2) is 11.6 Å². The van der Waals surface area contributed by atoms with E-state index in [9.17, 15) is 14.4 Å². The van der Waals surface area contributed by atoms with Gasteiger partial charge in [-0.3, -0.25) is 9.59 Å². The van der Waals surface area contributed by atoms with E-state index in [1.807, 2.05) is 34.6 Å². The van der Waals surface area contributed by atoms with Crippen LogP contribution in [0.2, 0.25) is 0 Å². The van der Waals surface area contributed by atoms with Gasteiger partial charge in [-0.2, -0.15) is 0 Å². The van der Waals surface area contributed by atoms with Gasteiger partial charge in [0, 0.05) is 19.7 Å². The molecule has 0 bridgehead atoms. The normalized spacial score (nSPS) is 16.5. The highest BCUT2D eigenvalue weighted by molar-refractivity contribution is 5.92. The van der Waals surface area contributed by atoms with Gasteiger partial charge in [0.15, 0.2) is 0 Å². The summed E-state index contributed by atoms with van der Waals surface area (Å²) in [6.45, 7) is 14.8. The van der Waals surface area contributed by atoms with Crippen molar-refractivity contribution in [3.05, 3.63) is 11.6 Å². The molecule has 0 heterocycles. The van der Waals surface area contributed by atoms with Crippen molar-refractivity contribution in [1.82, 2.24) is 10.2 Å². The van der Waals surface area contributed by atoms with Gasteiger partial charge in [-0.1, -0.05) is 40.7 Å². The van der Waals surface area contributed by atoms with E-state index in [1.54, 1.807) is 38.8 Å². The van der Waals surface area contributed by atoms with Crippen LogP contribution >= 0.6 is 0 Å². The second-order valence-corrected chi connectivity index (χ2v) is 9.38. The smallest absolute Gasteiger partial charge is 0.333 e. The molecule has 1 unspecified atom stereocenters. The number of nitrogens with two attached hydrogens (primary N) is 1. The van der Waals surface area contributed by atoms with Crippen molar-refractivity contribution in [2.75, 3.05) is 27.4 Å². The number of hydrogen-bond acceptors (Lipinski definition) is 6. The Bertz CT molecular complexity index is 635. The van der Waals surface area contributed by atoms with Gasteiger partial charge < -0.3 is 25.4 Å². The van der Waals surface area contributed by atoms with Crippen LogP contribution in [-0.2, 0) is 23.9 Å². The summed E-state index contributed by atoms with van der Waals surface area (Å²) in [6, 6.07) is -1.17. The number of nitrogens with one attached hydrogen (secondary N) is 1. The molecule has 8 heteroatoms. The molecule has 0 spiro atoms. The Labute approximate surface area is 181 Å². The average molecular weight is 428 g/mol. The van der Waals surface area contributed by atoms with Crippen LogP contribution in [0.5, 0.6) is 0 Å². The molecule has 8 nitrogen and oxygen atoms in total. The molecule has 0 aromatic rings. The van der Waals surface area contributed by atoms with E-state index in [2.05, 4.69) is 5.32 Å². The number of rotatable bonds is 10. The molecule has 0 aromatic heterocycles. The van der Waals surface area contributed by atoms with Gasteiger partial charge in [-0.15, -0.1) is 0 Å². The zero-order valence-corrected chi connectivity index (χ0v) is 20.3. The minimum Gasteiger partial charge on any atom is -0.463 e. The summed E-state index contributed by atoms with van der Waals surface area (Å²) in [6.07, 6.45) is 1.74. The molecule has 2 amide bonds. The third-order valence-electron chi connectivity index (χ3n) is 4.85. The zero-order valence-electron chi connectivity index (χ0n) is 20.3. The number of carbonyl (C=O) groups is 3. The summed E-state index contributed by atoms with van der Waals surface area (Å²) in [5, 5.41) is 2.81. The van der Waals surface area contributed by atoms with Crippen molar-refractivity contribution >= 4 is 17.8 Å². The van der Waals surface area contributed by atoms with Gasteiger partial charge in [0.2, 0.25) is 11.8 Å². The summed E-state index contributed by atoms with van der Waals surface area (Å²) in [5.74, 6) is -1.11. The van der Waals surface area contributed by atoms with Crippen LogP contribution in [0.3, 0.4) is 0 Å². The summed E-state index contributed by atoms with van der Waals surface area (Å²) < 4.78 is 10.1. The quantitative estimate of drug-likeness (QED) is 0.407. The van der Waals surface area contributed by atoms with Crippen molar-refractivity contribution in [2.24, 2.45) is 17.1 Å². The molecule has 0 fully saturated rings. The molecule has 0 radical (unpaired) electrons. The van der Waals surface area contributed by atoms with Crippen molar-refractivity contribution in [2.45, 2.75) is 73.0 Å². The Kier molecular flexibility index (Phi) is 10.7. The molecule has 0 aromatic carbocycles. The maximum Gasteiger partial charge on any atom is 0.333 e. The molecule has 0 aliphatic heterocycles. The van der Waals surface area contributed by atoms with Crippen molar-refractivity contribution in [1.29, 1.82) is 0 Å². The molecule has 0 aliphatic carbocycles. The fourth-order valence-corrected chi connectivity index (χ4v) is 2.98. The minimum atomic E-state index is -1.27. The Morgan fingerprint density at radius 1 is 1.17 bits per heavy atom. The largest absolute Gasteiger partial charge is 0.463 e. The Morgan fingerprint density at radius 2 is 1.70 bits per heavy atom. The van der Waals surface area contributed by atoms with E-state index in [4.69, 9.17) is 15.2 Å². The number of ether oxygens (including phenoxy) is 2. The van der Waals surface area contributed by atoms with Crippen molar-refractivity contribution in [3.8, 4) is 0 Å². The fourth-order valence-electron chi connectivity index (χ4n) is 2.98. The number of methoxy groups -OCH3 is 1. The second-order valence-electron chi connectivity index (χ2n) is 9.38. The predicted octanol–water partition coefficient (Wildman–Crippen LogP) is 1.87. The van der Waals surface area contributed by atoms with E-state index in [-0.39, 0.29) is 31.1 Å². The van der Waals surface area contributed by atoms with Gasteiger partial charge >= 0.3 is 5.97 Å². The third-order valence-corrected chi connectivity index (χ3v) is 4.85.